The van der Waals surface area contributed by atoms with Crippen LogP contribution in [0.15, 0.2) is 29.2 Å². The molecule has 1 aliphatic carbocycles. The minimum Gasteiger partial charge on any atom is -0.497 e. The summed E-state index contributed by atoms with van der Waals surface area (Å²) >= 11 is 1.42. The van der Waals surface area contributed by atoms with Crippen molar-refractivity contribution in [2.24, 2.45) is 5.92 Å². The molecule has 1 aromatic carbocycles. The summed E-state index contributed by atoms with van der Waals surface area (Å²) in [7, 11) is 1.61. The zero-order valence-corrected chi connectivity index (χ0v) is 9.87. The molecule has 0 aliphatic heterocycles. The second-order valence-electron chi connectivity index (χ2n) is 3.89. The van der Waals surface area contributed by atoms with Crippen LogP contribution >= 0.6 is 11.8 Å². The Morgan fingerprint density at radius 3 is 2.88 bits per heavy atom. The average Bonchev–Trinajstić information content (AvgIpc) is 3.10. The fourth-order valence-electron chi connectivity index (χ4n) is 1.57. The van der Waals surface area contributed by atoms with Crippen molar-refractivity contribution in [1.82, 2.24) is 0 Å². The van der Waals surface area contributed by atoms with E-state index in [4.69, 9.17) is 9.84 Å². The van der Waals surface area contributed by atoms with Gasteiger partial charge in [-0.2, -0.15) is 0 Å². The standard InChI is InChI=1S/C12H14O3S/c1-15-9-3-2-4-10(7-9)16-11(12(13)14)8-5-6-8/h2-4,7-8,11H,5-6H2,1H3,(H,13,14). The Labute approximate surface area is 98.8 Å². The summed E-state index contributed by atoms with van der Waals surface area (Å²) in [5.41, 5.74) is 0. The molecule has 1 saturated carbocycles. The van der Waals surface area contributed by atoms with Crippen LogP contribution in [0.3, 0.4) is 0 Å². The molecule has 86 valence electrons. The zero-order valence-electron chi connectivity index (χ0n) is 9.05. The van der Waals surface area contributed by atoms with Crippen LogP contribution in [0.1, 0.15) is 12.8 Å². The first kappa shape index (κ1) is 11.3. The lowest BCUT2D eigenvalue weighted by molar-refractivity contribution is -0.136. The number of benzene rings is 1. The molecule has 2 rings (SSSR count). The number of hydrogen-bond acceptors (Lipinski definition) is 3. The first-order valence-electron chi connectivity index (χ1n) is 5.24. The van der Waals surface area contributed by atoms with E-state index in [-0.39, 0.29) is 5.25 Å². The molecule has 0 aromatic heterocycles. The number of aliphatic carboxylic acids is 1. The highest BCUT2D eigenvalue weighted by molar-refractivity contribution is 8.00. The predicted molar refractivity (Wildman–Crippen MR) is 63.0 cm³/mol. The second kappa shape index (κ2) is 4.78. The van der Waals surface area contributed by atoms with Crippen LogP contribution in [0.25, 0.3) is 0 Å². The molecule has 1 atom stereocenters. The highest BCUT2D eigenvalue weighted by atomic mass is 32.2. The average molecular weight is 238 g/mol. The molecule has 1 N–H and O–H groups in total. The van der Waals surface area contributed by atoms with Crippen molar-refractivity contribution >= 4 is 17.7 Å². The molecule has 0 amide bonds. The number of ether oxygens (including phenoxy) is 1. The van der Waals surface area contributed by atoms with E-state index in [0.717, 1.165) is 23.5 Å². The van der Waals surface area contributed by atoms with E-state index < -0.39 is 5.97 Å². The minimum absolute atomic E-state index is 0.313. The van der Waals surface area contributed by atoms with Gasteiger partial charge in [0.1, 0.15) is 11.0 Å². The Morgan fingerprint density at radius 1 is 1.56 bits per heavy atom. The van der Waals surface area contributed by atoms with Crippen molar-refractivity contribution in [2.75, 3.05) is 7.11 Å². The zero-order chi connectivity index (χ0) is 11.5. The van der Waals surface area contributed by atoms with E-state index in [1.165, 1.54) is 11.8 Å². The third kappa shape index (κ3) is 2.70. The van der Waals surface area contributed by atoms with E-state index in [1.807, 2.05) is 24.3 Å². The molecule has 0 heterocycles. The van der Waals surface area contributed by atoms with Crippen LogP contribution in [0.4, 0.5) is 0 Å². The van der Waals surface area contributed by atoms with Gasteiger partial charge in [0.2, 0.25) is 0 Å². The minimum atomic E-state index is -0.713. The van der Waals surface area contributed by atoms with Crippen LogP contribution < -0.4 is 4.74 Å². The molecule has 1 fully saturated rings. The van der Waals surface area contributed by atoms with Crippen LogP contribution in [0, 0.1) is 5.92 Å². The molecular weight excluding hydrogens is 224 g/mol. The first-order chi connectivity index (χ1) is 7.70. The van der Waals surface area contributed by atoms with Crippen LogP contribution in [0.5, 0.6) is 5.75 Å². The van der Waals surface area contributed by atoms with Gasteiger partial charge < -0.3 is 9.84 Å². The van der Waals surface area contributed by atoms with Gasteiger partial charge in [0.05, 0.1) is 7.11 Å². The monoisotopic (exact) mass is 238 g/mol. The Kier molecular flexibility index (Phi) is 3.39. The normalized spacial score (nSPS) is 16.8. The lowest BCUT2D eigenvalue weighted by Gasteiger charge is -2.11. The van der Waals surface area contributed by atoms with E-state index >= 15 is 0 Å². The van der Waals surface area contributed by atoms with Gasteiger partial charge in [0, 0.05) is 4.90 Å². The maximum atomic E-state index is 11.1. The molecule has 0 spiro atoms. The molecule has 3 nitrogen and oxygen atoms in total. The van der Waals surface area contributed by atoms with Gasteiger partial charge in [-0.05, 0) is 37.0 Å². The third-order valence-corrected chi connectivity index (χ3v) is 3.96. The number of methoxy groups -OCH3 is 1. The molecule has 0 saturated heterocycles. The lowest BCUT2D eigenvalue weighted by Crippen LogP contribution is -2.18. The summed E-state index contributed by atoms with van der Waals surface area (Å²) < 4.78 is 5.11. The van der Waals surface area contributed by atoms with Crippen molar-refractivity contribution in [3.63, 3.8) is 0 Å². The van der Waals surface area contributed by atoms with Crippen LogP contribution in [-0.4, -0.2) is 23.4 Å². The Hall–Kier alpha value is -1.16. The maximum Gasteiger partial charge on any atom is 0.317 e. The number of rotatable bonds is 5. The molecule has 0 radical (unpaired) electrons. The SMILES string of the molecule is COc1cccc(SC(C(=O)O)C2CC2)c1. The third-order valence-electron chi connectivity index (χ3n) is 2.60. The Bertz CT molecular complexity index is 388. The molecule has 4 heteroatoms. The number of carbonyl (C=O) groups is 1. The molecular formula is C12H14O3S. The van der Waals surface area contributed by atoms with Gasteiger partial charge in [-0.25, -0.2) is 0 Å². The molecule has 1 aliphatic rings. The van der Waals surface area contributed by atoms with E-state index in [1.54, 1.807) is 7.11 Å². The quantitative estimate of drug-likeness (QED) is 0.801. The van der Waals surface area contributed by atoms with Gasteiger partial charge in [-0.15, -0.1) is 11.8 Å². The summed E-state index contributed by atoms with van der Waals surface area (Å²) in [4.78, 5) is 12.0. The van der Waals surface area contributed by atoms with Gasteiger partial charge in [-0.3, -0.25) is 4.79 Å². The van der Waals surface area contributed by atoms with Crippen molar-refractivity contribution in [3.05, 3.63) is 24.3 Å². The van der Waals surface area contributed by atoms with Gasteiger partial charge in [-0.1, -0.05) is 6.07 Å². The predicted octanol–water partition coefficient (Wildman–Crippen LogP) is 2.65. The first-order valence-corrected chi connectivity index (χ1v) is 6.12. The fraction of sp³-hybridized carbons (Fsp3) is 0.417. The van der Waals surface area contributed by atoms with Crippen LogP contribution in [0.2, 0.25) is 0 Å². The topological polar surface area (TPSA) is 46.5 Å². The van der Waals surface area contributed by atoms with E-state index in [2.05, 4.69) is 0 Å². The Morgan fingerprint density at radius 2 is 2.31 bits per heavy atom. The summed E-state index contributed by atoms with van der Waals surface area (Å²) in [5.74, 6) is 0.397. The summed E-state index contributed by atoms with van der Waals surface area (Å²) in [6.45, 7) is 0. The largest absolute Gasteiger partial charge is 0.497 e. The number of carboxylic acids is 1. The van der Waals surface area contributed by atoms with Crippen molar-refractivity contribution in [1.29, 1.82) is 0 Å². The lowest BCUT2D eigenvalue weighted by atomic mass is 10.3. The fourth-order valence-corrected chi connectivity index (χ4v) is 2.77. The smallest absolute Gasteiger partial charge is 0.317 e. The van der Waals surface area contributed by atoms with Crippen molar-refractivity contribution < 1.29 is 14.6 Å². The number of hydrogen-bond donors (Lipinski definition) is 1. The van der Waals surface area contributed by atoms with Crippen molar-refractivity contribution in [2.45, 2.75) is 23.0 Å². The highest BCUT2D eigenvalue weighted by Crippen LogP contribution is 2.42. The highest BCUT2D eigenvalue weighted by Gasteiger charge is 2.36. The molecule has 1 unspecified atom stereocenters. The van der Waals surface area contributed by atoms with Gasteiger partial charge >= 0.3 is 5.97 Å². The van der Waals surface area contributed by atoms with Gasteiger partial charge in [0.15, 0.2) is 0 Å². The molecule has 16 heavy (non-hydrogen) atoms. The molecule has 1 aromatic rings. The van der Waals surface area contributed by atoms with E-state index in [9.17, 15) is 4.79 Å². The van der Waals surface area contributed by atoms with Crippen LogP contribution in [-0.2, 0) is 4.79 Å². The Balaban J connectivity index is 2.08. The summed E-state index contributed by atoms with van der Waals surface area (Å²) in [6, 6.07) is 7.54. The second-order valence-corrected chi connectivity index (χ2v) is 5.11. The van der Waals surface area contributed by atoms with Gasteiger partial charge in [0.25, 0.3) is 0 Å². The number of thioether (sulfide) groups is 1. The van der Waals surface area contributed by atoms with Crippen molar-refractivity contribution in [3.8, 4) is 5.75 Å². The molecule has 0 bridgehead atoms. The number of carboxylic acid groups (broad SMARTS) is 1. The summed E-state index contributed by atoms with van der Waals surface area (Å²) in [5, 5.41) is 8.81. The maximum absolute atomic E-state index is 11.1. The van der Waals surface area contributed by atoms with E-state index in [0.29, 0.717) is 5.92 Å². The summed E-state index contributed by atoms with van der Waals surface area (Å²) in [6.07, 6.45) is 2.07.